The molecule has 4 atom stereocenters. The van der Waals surface area contributed by atoms with E-state index in [9.17, 15) is 13.2 Å². The third-order valence-corrected chi connectivity index (χ3v) is 5.24. The van der Waals surface area contributed by atoms with Crippen molar-refractivity contribution < 1.29 is 13.2 Å². The molecule has 116 valence electrons. The lowest BCUT2D eigenvalue weighted by molar-refractivity contribution is -0.137. The van der Waals surface area contributed by atoms with E-state index in [-0.39, 0.29) is 6.04 Å². The van der Waals surface area contributed by atoms with Crippen LogP contribution in [0.5, 0.6) is 0 Å². The van der Waals surface area contributed by atoms with Gasteiger partial charge in [0.25, 0.3) is 0 Å². The maximum atomic E-state index is 12.7. The quantitative estimate of drug-likeness (QED) is 0.875. The van der Waals surface area contributed by atoms with E-state index in [0.29, 0.717) is 17.9 Å². The molecule has 2 aliphatic carbocycles. The number of benzene rings is 1. The highest BCUT2D eigenvalue weighted by atomic mass is 19.4. The zero-order valence-corrected chi connectivity index (χ0v) is 12.1. The monoisotopic (exact) mass is 297 g/mol. The van der Waals surface area contributed by atoms with Gasteiger partial charge in [0.2, 0.25) is 0 Å². The summed E-state index contributed by atoms with van der Waals surface area (Å²) in [4.78, 5) is 0. The second-order valence-electron chi connectivity index (χ2n) is 6.83. The van der Waals surface area contributed by atoms with Crippen LogP contribution in [0.2, 0.25) is 0 Å². The summed E-state index contributed by atoms with van der Waals surface area (Å²) in [6.07, 6.45) is 2.54. The number of nitrogens with two attached hydrogens (primary N) is 1. The van der Waals surface area contributed by atoms with Crippen molar-refractivity contribution in [1.29, 1.82) is 0 Å². The minimum Gasteiger partial charge on any atom is -0.327 e. The topological polar surface area (TPSA) is 26.0 Å². The molecule has 1 nitrogen and oxygen atoms in total. The summed E-state index contributed by atoms with van der Waals surface area (Å²) >= 11 is 0. The van der Waals surface area contributed by atoms with E-state index in [2.05, 4.69) is 0 Å². The number of hydrogen-bond donors (Lipinski definition) is 1. The van der Waals surface area contributed by atoms with E-state index in [1.165, 1.54) is 37.8 Å². The van der Waals surface area contributed by atoms with Crippen molar-refractivity contribution >= 4 is 0 Å². The lowest BCUT2D eigenvalue weighted by Gasteiger charge is -2.24. The Labute approximate surface area is 123 Å². The maximum Gasteiger partial charge on any atom is 0.416 e. The minimum absolute atomic E-state index is 0.0298. The van der Waals surface area contributed by atoms with Crippen LogP contribution in [0.1, 0.15) is 43.2 Å². The summed E-state index contributed by atoms with van der Waals surface area (Å²) in [6, 6.07) is 5.54. The van der Waals surface area contributed by atoms with Crippen LogP contribution < -0.4 is 5.73 Å². The molecule has 2 bridgehead atoms. The fourth-order valence-electron chi connectivity index (χ4n) is 4.31. The van der Waals surface area contributed by atoms with E-state index in [1.807, 2.05) is 0 Å². The van der Waals surface area contributed by atoms with Crippen molar-refractivity contribution in [2.75, 3.05) is 0 Å². The molecule has 21 heavy (non-hydrogen) atoms. The summed E-state index contributed by atoms with van der Waals surface area (Å²) < 4.78 is 38.1. The van der Waals surface area contributed by atoms with Gasteiger partial charge in [-0.3, -0.25) is 0 Å². The van der Waals surface area contributed by atoms with Gasteiger partial charge >= 0.3 is 6.18 Å². The standard InChI is InChI=1S/C17H22F3N/c18-17(19,20)15-3-1-2-11(8-15)9-16(21)10-14-7-12-4-5-13(14)6-12/h1-3,8,12-14,16H,4-7,9-10,21H2. The normalized spacial score (nSPS) is 29.8. The van der Waals surface area contributed by atoms with E-state index >= 15 is 0 Å². The van der Waals surface area contributed by atoms with Gasteiger partial charge in [-0.1, -0.05) is 24.6 Å². The van der Waals surface area contributed by atoms with Gasteiger partial charge in [-0.25, -0.2) is 0 Å². The maximum absolute atomic E-state index is 12.7. The van der Waals surface area contributed by atoms with E-state index < -0.39 is 11.7 Å². The Bertz CT molecular complexity index is 497. The Balaban J connectivity index is 1.58. The molecule has 4 unspecified atom stereocenters. The average molecular weight is 297 g/mol. The summed E-state index contributed by atoms with van der Waals surface area (Å²) in [6.45, 7) is 0. The van der Waals surface area contributed by atoms with Crippen LogP contribution in [0.4, 0.5) is 13.2 Å². The molecule has 3 rings (SSSR count). The summed E-state index contributed by atoms with van der Waals surface area (Å²) in [5, 5.41) is 0. The SMILES string of the molecule is NC(Cc1cccc(C(F)(F)F)c1)CC1CC2CCC1C2. The van der Waals surface area contributed by atoms with Crippen LogP contribution in [0, 0.1) is 17.8 Å². The van der Waals surface area contributed by atoms with Crippen molar-refractivity contribution in [1.82, 2.24) is 0 Å². The smallest absolute Gasteiger partial charge is 0.327 e. The predicted octanol–water partition coefficient (Wildman–Crippen LogP) is 4.40. The predicted molar refractivity (Wildman–Crippen MR) is 76.7 cm³/mol. The van der Waals surface area contributed by atoms with Crippen molar-refractivity contribution in [2.45, 2.75) is 50.7 Å². The first kappa shape index (κ1) is 14.9. The van der Waals surface area contributed by atoms with Crippen molar-refractivity contribution in [2.24, 2.45) is 23.5 Å². The summed E-state index contributed by atoms with van der Waals surface area (Å²) in [5.74, 6) is 2.41. The van der Waals surface area contributed by atoms with Crippen LogP contribution >= 0.6 is 0 Å². The fraction of sp³-hybridized carbons (Fsp3) is 0.647. The molecule has 0 saturated heterocycles. The number of halogens is 3. The highest BCUT2D eigenvalue weighted by molar-refractivity contribution is 5.26. The Hall–Kier alpha value is -1.03. The van der Waals surface area contributed by atoms with Gasteiger partial charge in [0.1, 0.15) is 0 Å². The van der Waals surface area contributed by atoms with Crippen molar-refractivity contribution in [3.8, 4) is 0 Å². The molecular weight excluding hydrogens is 275 g/mol. The summed E-state index contributed by atoms with van der Waals surface area (Å²) in [7, 11) is 0. The number of alkyl halides is 3. The molecule has 2 aliphatic rings. The number of fused-ring (bicyclic) bond motifs is 2. The Kier molecular flexibility index (Phi) is 4.00. The average Bonchev–Trinajstić information content (AvgIpc) is 3.00. The van der Waals surface area contributed by atoms with Gasteiger partial charge in [0, 0.05) is 6.04 Å². The minimum atomic E-state index is -4.27. The fourth-order valence-corrected chi connectivity index (χ4v) is 4.31. The molecule has 0 heterocycles. The van der Waals surface area contributed by atoms with Gasteiger partial charge < -0.3 is 5.73 Å². The molecule has 0 aromatic heterocycles. The molecule has 0 radical (unpaired) electrons. The largest absolute Gasteiger partial charge is 0.416 e. The molecule has 2 N–H and O–H groups in total. The van der Waals surface area contributed by atoms with Crippen LogP contribution in [0.15, 0.2) is 24.3 Å². The number of rotatable bonds is 4. The zero-order chi connectivity index (χ0) is 15.0. The zero-order valence-electron chi connectivity index (χ0n) is 12.1. The molecule has 0 spiro atoms. The third kappa shape index (κ3) is 3.42. The van der Waals surface area contributed by atoms with Gasteiger partial charge in [0.05, 0.1) is 5.56 Å². The van der Waals surface area contributed by atoms with E-state index in [0.717, 1.165) is 24.3 Å². The second kappa shape index (κ2) is 5.64. The van der Waals surface area contributed by atoms with Gasteiger partial charge in [-0.2, -0.15) is 13.2 Å². The van der Waals surface area contributed by atoms with Gasteiger partial charge in [0.15, 0.2) is 0 Å². The van der Waals surface area contributed by atoms with Gasteiger partial charge in [-0.05, 0) is 61.5 Å². The molecule has 2 saturated carbocycles. The first-order valence-corrected chi connectivity index (χ1v) is 7.83. The molecule has 4 heteroatoms. The first-order chi connectivity index (χ1) is 9.91. The molecule has 2 fully saturated rings. The van der Waals surface area contributed by atoms with Crippen LogP contribution in [0.25, 0.3) is 0 Å². The highest BCUT2D eigenvalue weighted by Crippen LogP contribution is 2.49. The third-order valence-electron chi connectivity index (χ3n) is 5.24. The second-order valence-corrected chi connectivity index (χ2v) is 6.83. The highest BCUT2D eigenvalue weighted by Gasteiger charge is 2.39. The molecule has 0 aliphatic heterocycles. The van der Waals surface area contributed by atoms with Crippen LogP contribution in [-0.4, -0.2) is 6.04 Å². The van der Waals surface area contributed by atoms with E-state index in [4.69, 9.17) is 5.73 Å². The molecule has 1 aromatic carbocycles. The lowest BCUT2D eigenvalue weighted by Crippen LogP contribution is -2.28. The Morgan fingerprint density at radius 1 is 1.19 bits per heavy atom. The van der Waals surface area contributed by atoms with Crippen LogP contribution in [0.3, 0.4) is 0 Å². The van der Waals surface area contributed by atoms with E-state index in [1.54, 1.807) is 6.07 Å². The lowest BCUT2D eigenvalue weighted by atomic mass is 9.83. The van der Waals surface area contributed by atoms with Crippen LogP contribution in [-0.2, 0) is 12.6 Å². The van der Waals surface area contributed by atoms with Gasteiger partial charge in [-0.15, -0.1) is 0 Å². The molecule has 0 amide bonds. The van der Waals surface area contributed by atoms with Crippen molar-refractivity contribution in [3.63, 3.8) is 0 Å². The first-order valence-electron chi connectivity index (χ1n) is 7.83. The number of hydrogen-bond acceptors (Lipinski definition) is 1. The van der Waals surface area contributed by atoms with Crippen molar-refractivity contribution in [3.05, 3.63) is 35.4 Å². The molecular formula is C17H22F3N. The summed E-state index contributed by atoms with van der Waals surface area (Å²) in [5.41, 5.74) is 6.31. The Morgan fingerprint density at radius 3 is 2.62 bits per heavy atom. The Morgan fingerprint density at radius 2 is 2.00 bits per heavy atom. The molecule has 1 aromatic rings.